The van der Waals surface area contributed by atoms with Gasteiger partial charge in [0.2, 0.25) is 0 Å². The fourth-order valence-corrected chi connectivity index (χ4v) is 3.70. The molecule has 10 nitrogen and oxygen atoms in total. The van der Waals surface area contributed by atoms with Gasteiger partial charge in [0.25, 0.3) is 0 Å². The van der Waals surface area contributed by atoms with E-state index in [9.17, 15) is 32.3 Å². The van der Waals surface area contributed by atoms with Gasteiger partial charge in [0.1, 0.15) is 5.60 Å². The molecule has 3 aromatic rings. The van der Waals surface area contributed by atoms with Gasteiger partial charge in [0, 0.05) is 17.3 Å². The normalized spacial score (nSPS) is 12.8. The highest BCUT2D eigenvalue weighted by molar-refractivity contribution is 6.00. The summed E-state index contributed by atoms with van der Waals surface area (Å²) >= 11 is 0. The zero-order valence-corrected chi connectivity index (χ0v) is 23.7. The van der Waals surface area contributed by atoms with Crippen LogP contribution in [-0.4, -0.2) is 46.6 Å². The Bertz CT molecular complexity index is 1420. The number of aromatic nitrogens is 1. The molecule has 0 aliphatic carbocycles. The predicted octanol–water partition coefficient (Wildman–Crippen LogP) is 7.15. The van der Waals surface area contributed by atoms with Gasteiger partial charge in [-0.2, -0.15) is 17.6 Å². The Balaban J connectivity index is 2.00. The van der Waals surface area contributed by atoms with E-state index in [0.29, 0.717) is 10.8 Å². The number of amides is 1. The summed E-state index contributed by atoms with van der Waals surface area (Å²) in [6, 6.07) is 7.70. The molecule has 42 heavy (non-hydrogen) atoms. The van der Waals surface area contributed by atoms with E-state index in [4.69, 9.17) is 9.57 Å². The summed E-state index contributed by atoms with van der Waals surface area (Å²) in [6.45, 7) is 3.65. The van der Waals surface area contributed by atoms with Crippen molar-refractivity contribution >= 4 is 34.3 Å². The van der Waals surface area contributed by atoms with Crippen molar-refractivity contribution in [2.75, 3.05) is 10.4 Å². The fraction of sp³-hybridized carbons (Fsp3) is 0.393. The molecule has 0 spiro atoms. The maximum atomic E-state index is 13.1. The number of nitrogens with one attached hydrogen (secondary N) is 1. The first-order valence-corrected chi connectivity index (χ1v) is 12.6. The number of pyridine rings is 1. The number of carboxylic acid groups (broad SMARTS) is 1. The Labute approximate surface area is 239 Å². The predicted molar refractivity (Wildman–Crippen MR) is 145 cm³/mol. The minimum absolute atomic E-state index is 0.0787. The van der Waals surface area contributed by atoms with Crippen molar-refractivity contribution in [1.82, 2.24) is 4.98 Å². The van der Waals surface area contributed by atoms with Gasteiger partial charge in [-0.15, -0.1) is 5.06 Å². The zero-order valence-electron chi connectivity index (χ0n) is 23.7. The number of carbonyl (C=O) groups is 2. The second kappa shape index (κ2) is 12.7. The second-order valence-corrected chi connectivity index (χ2v) is 10.9. The molecule has 14 heteroatoms. The Hall–Kier alpha value is -4.33. The monoisotopic (exact) mass is 597 g/mol. The van der Waals surface area contributed by atoms with E-state index < -0.39 is 54.0 Å². The smallest absolute Gasteiger partial charge is 0.440 e. The number of ether oxygens (including phenoxy) is 3. The number of aliphatic carboxylic acids is 1. The van der Waals surface area contributed by atoms with Crippen LogP contribution in [0.25, 0.3) is 10.8 Å². The van der Waals surface area contributed by atoms with Crippen LogP contribution in [0.5, 0.6) is 11.5 Å². The highest BCUT2D eigenvalue weighted by atomic mass is 19.3. The number of hydrogen-bond donors (Lipinski definition) is 2. The number of halogens is 4. The number of anilines is 2. The van der Waals surface area contributed by atoms with Crippen LogP contribution in [0, 0.1) is 0 Å². The minimum atomic E-state index is -3.37. The van der Waals surface area contributed by atoms with Crippen molar-refractivity contribution in [3.05, 3.63) is 54.2 Å². The number of hydrogen-bond acceptors (Lipinski definition) is 8. The van der Waals surface area contributed by atoms with Crippen molar-refractivity contribution in [2.24, 2.45) is 0 Å². The topological polar surface area (TPSA) is 119 Å². The molecule has 0 aliphatic heterocycles. The first kappa shape index (κ1) is 32.2. The fourth-order valence-electron chi connectivity index (χ4n) is 3.70. The molecule has 1 heterocycles. The van der Waals surface area contributed by atoms with Gasteiger partial charge in [-0.1, -0.05) is 6.07 Å². The summed E-state index contributed by atoms with van der Waals surface area (Å²) in [7, 11) is 0. The van der Waals surface area contributed by atoms with Crippen LogP contribution in [0.1, 0.15) is 53.1 Å². The molecular weight excluding hydrogens is 566 g/mol. The van der Waals surface area contributed by atoms with Crippen LogP contribution in [0.2, 0.25) is 0 Å². The van der Waals surface area contributed by atoms with E-state index in [1.54, 1.807) is 59.7 Å². The van der Waals surface area contributed by atoms with Crippen molar-refractivity contribution in [3.8, 4) is 11.5 Å². The lowest BCUT2D eigenvalue weighted by atomic mass is 10.0. The molecule has 2 N–H and O–H groups in total. The molecule has 1 atom stereocenters. The highest BCUT2D eigenvalue weighted by Gasteiger charge is 2.31. The molecular formula is C28H31F4N3O7. The standard InChI is InChI=1S/C28H31F4N3O7/c1-27(2,3)41-26(38)35(42-28(4,5)6)22-18-9-8-17(13-15(18)11-12-33-22)34-21(23(36)37)16-7-10-19(39-24(29)30)20(14-16)40-25(31)32/h7-14,21,24-25,34H,1-6H3,(H,36,37). The maximum absolute atomic E-state index is 13.1. The van der Waals surface area contributed by atoms with Crippen molar-refractivity contribution in [1.29, 1.82) is 0 Å². The largest absolute Gasteiger partial charge is 0.479 e. The van der Waals surface area contributed by atoms with Crippen LogP contribution in [-0.2, 0) is 14.4 Å². The molecule has 0 saturated heterocycles. The number of hydroxylamine groups is 1. The van der Waals surface area contributed by atoms with Gasteiger partial charge in [0.15, 0.2) is 23.4 Å². The summed E-state index contributed by atoms with van der Waals surface area (Å²) in [5.41, 5.74) is -1.42. The lowest BCUT2D eigenvalue weighted by Gasteiger charge is -2.31. The second-order valence-electron chi connectivity index (χ2n) is 10.9. The number of fused-ring (bicyclic) bond motifs is 1. The first-order chi connectivity index (χ1) is 19.4. The Morgan fingerprint density at radius 3 is 2.10 bits per heavy atom. The van der Waals surface area contributed by atoms with E-state index in [0.717, 1.165) is 23.3 Å². The molecule has 1 unspecified atom stereocenters. The number of nitrogens with zero attached hydrogens (tertiary/aromatic N) is 2. The molecule has 0 fully saturated rings. The van der Waals surface area contributed by atoms with Crippen molar-refractivity contribution in [3.63, 3.8) is 0 Å². The third-order valence-corrected chi connectivity index (χ3v) is 5.15. The summed E-state index contributed by atoms with van der Waals surface area (Å²) in [6.07, 6.45) is 0.626. The van der Waals surface area contributed by atoms with E-state index >= 15 is 0 Å². The van der Waals surface area contributed by atoms with E-state index in [-0.39, 0.29) is 17.1 Å². The Morgan fingerprint density at radius 1 is 0.881 bits per heavy atom. The number of rotatable bonds is 10. The molecule has 0 radical (unpaired) electrons. The maximum Gasteiger partial charge on any atom is 0.440 e. The molecule has 228 valence electrons. The van der Waals surface area contributed by atoms with Crippen LogP contribution in [0.3, 0.4) is 0 Å². The minimum Gasteiger partial charge on any atom is -0.479 e. The highest BCUT2D eigenvalue weighted by Crippen LogP contribution is 2.35. The van der Waals surface area contributed by atoms with Crippen LogP contribution in [0.15, 0.2) is 48.7 Å². The van der Waals surface area contributed by atoms with Crippen LogP contribution < -0.4 is 19.9 Å². The SMILES string of the molecule is CC(C)(C)OC(=O)N(OC(C)(C)C)c1nccc2cc(NC(C(=O)O)c3ccc(OC(F)F)c(OC(F)F)c3)ccc12. The van der Waals surface area contributed by atoms with Crippen molar-refractivity contribution in [2.45, 2.75) is 72.0 Å². The molecule has 3 rings (SSSR count). The quantitative estimate of drug-likeness (QED) is 0.186. The van der Waals surface area contributed by atoms with Gasteiger partial charge >= 0.3 is 25.3 Å². The van der Waals surface area contributed by atoms with E-state index in [1.165, 1.54) is 12.3 Å². The van der Waals surface area contributed by atoms with Crippen LogP contribution in [0.4, 0.5) is 33.9 Å². The number of carbonyl (C=O) groups excluding carboxylic acids is 1. The molecule has 0 bridgehead atoms. The zero-order chi connectivity index (χ0) is 31.4. The van der Waals surface area contributed by atoms with Gasteiger partial charge in [-0.05, 0) is 88.9 Å². The molecule has 0 aliphatic rings. The molecule has 2 aromatic carbocycles. The van der Waals surface area contributed by atoms with Gasteiger partial charge in [-0.3, -0.25) is 4.84 Å². The Morgan fingerprint density at radius 2 is 1.52 bits per heavy atom. The summed E-state index contributed by atoms with van der Waals surface area (Å²) in [5, 5.41) is 14.6. The average molecular weight is 598 g/mol. The summed E-state index contributed by atoms with van der Waals surface area (Å²) < 4.78 is 65.2. The Kier molecular flexibility index (Phi) is 9.71. The average Bonchev–Trinajstić information content (AvgIpc) is 2.84. The first-order valence-electron chi connectivity index (χ1n) is 12.6. The van der Waals surface area contributed by atoms with Gasteiger partial charge in [0.05, 0.1) is 5.60 Å². The number of benzene rings is 2. The summed E-state index contributed by atoms with van der Waals surface area (Å²) in [5.74, 6) is -2.71. The van der Waals surface area contributed by atoms with Crippen molar-refractivity contribution < 1.29 is 51.3 Å². The molecule has 1 amide bonds. The van der Waals surface area contributed by atoms with E-state index in [2.05, 4.69) is 19.8 Å². The number of alkyl halides is 4. The van der Waals surface area contributed by atoms with Gasteiger partial charge in [-0.25, -0.2) is 14.6 Å². The third-order valence-electron chi connectivity index (χ3n) is 5.15. The van der Waals surface area contributed by atoms with E-state index in [1.807, 2.05) is 0 Å². The lowest BCUT2D eigenvalue weighted by Crippen LogP contribution is -2.42. The molecule has 0 saturated carbocycles. The summed E-state index contributed by atoms with van der Waals surface area (Å²) in [4.78, 5) is 35.4. The third kappa shape index (κ3) is 8.83. The van der Waals surface area contributed by atoms with Crippen LogP contribution >= 0.6 is 0 Å². The van der Waals surface area contributed by atoms with Gasteiger partial charge < -0.3 is 24.6 Å². The lowest BCUT2D eigenvalue weighted by molar-refractivity contribution is -0.138. The molecule has 1 aromatic heterocycles. The number of carboxylic acids is 1.